The Hall–Kier alpha value is -2.18. The molecule has 0 unspecified atom stereocenters. The van der Waals surface area contributed by atoms with E-state index < -0.39 is 10.0 Å². The minimum Gasteiger partial charge on any atom is -0.342 e. The van der Waals surface area contributed by atoms with Gasteiger partial charge in [-0.05, 0) is 24.6 Å². The Bertz CT molecular complexity index is 955. The molecule has 1 fully saturated rings. The maximum atomic E-state index is 12.5. The second-order valence-corrected chi connectivity index (χ2v) is 8.37. The zero-order chi connectivity index (χ0) is 16.7. The van der Waals surface area contributed by atoms with E-state index in [1.807, 2.05) is 55.5 Å². The third kappa shape index (κ3) is 2.83. The van der Waals surface area contributed by atoms with Crippen LogP contribution in [-0.4, -0.2) is 35.8 Å². The van der Waals surface area contributed by atoms with E-state index in [2.05, 4.69) is 9.97 Å². The maximum absolute atomic E-state index is 12.5. The van der Waals surface area contributed by atoms with Crippen LogP contribution in [0.1, 0.15) is 22.9 Å². The number of H-pyrrole nitrogens is 1. The smallest absolute Gasteiger partial charge is 0.218 e. The van der Waals surface area contributed by atoms with Gasteiger partial charge >= 0.3 is 0 Å². The first-order valence-corrected chi connectivity index (χ1v) is 9.60. The SMILES string of the molecule is Cc1cccc(CS(=O)(=O)N2CC(c3nc4ccccc4[nH]3)C2)c1. The average molecular weight is 341 g/mol. The number of nitrogens with one attached hydrogen (secondary N) is 1. The molecule has 0 bridgehead atoms. The lowest BCUT2D eigenvalue weighted by Gasteiger charge is -2.36. The molecule has 1 aliphatic heterocycles. The second kappa shape index (κ2) is 5.72. The zero-order valence-corrected chi connectivity index (χ0v) is 14.3. The van der Waals surface area contributed by atoms with Crippen LogP contribution in [-0.2, 0) is 15.8 Å². The Morgan fingerprint density at radius 1 is 1.17 bits per heavy atom. The van der Waals surface area contributed by atoms with Crippen molar-refractivity contribution in [3.8, 4) is 0 Å². The van der Waals surface area contributed by atoms with Gasteiger partial charge in [0.15, 0.2) is 0 Å². The fourth-order valence-electron chi connectivity index (χ4n) is 3.11. The van der Waals surface area contributed by atoms with Gasteiger partial charge in [0.25, 0.3) is 0 Å². The molecule has 2 heterocycles. The van der Waals surface area contributed by atoms with Gasteiger partial charge in [-0.3, -0.25) is 0 Å². The Balaban J connectivity index is 1.46. The Morgan fingerprint density at radius 2 is 1.96 bits per heavy atom. The zero-order valence-electron chi connectivity index (χ0n) is 13.4. The minimum absolute atomic E-state index is 0.0571. The van der Waals surface area contributed by atoms with Gasteiger partial charge in [-0.1, -0.05) is 42.0 Å². The van der Waals surface area contributed by atoms with Gasteiger partial charge in [-0.2, -0.15) is 0 Å². The summed E-state index contributed by atoms with van der Waals surface area (Å²) in [5, 5.41) is 0. The molecule has 5 nitrogen and oxygen atoms in total. The highest BCUT2D eigenvalue weighted by molar-refractivity contribution is 7.88. The summed E-state index contributed by atoms with van der Waals surface area (Å²) < 4.78 is 26.6. The fraction of sp³-hybridized carbons (Fsp3) is 0.278. The van der Waals surface area contributed by atoms with Crippen molar-refractivity contribution in [2.75, 3.05) is 13.1 Å². The van der Waals surface area contributed by atoms with Crippen molar-refractivity contribution in [2.24, 2.45) is 0 Å². The third-order valence-corrected chi connectivity index (χ3v) is 6.25. The quantitative estimate of drug-likeness (QED) is 0.793. The predicted octanol–water partition coefficient (Wildman–Crippen LogP) is 2.80. The van der Waals surface area contributed by atoms with Gasteiger partial charge in [0.1, 0.15) is 5.82 Å². The molecule has 2 aromatic carbocycles. The Kier molecular flexibility index (Phi) is 3.66. The van der Waals surface area contributed by atoms with Gasteiger partial charge in [0, 0.05) is 19.0 Å². The number of aromatic nitrogens is 2. The van der Waals surface area contributed by atoms with Crippen LogP contribution in [0.5, 0.6) is 0 Å². The van der Waals surface area contributed by atoms with Crippen LogP contribution in [0.2, 0.25) is 0 Å². The highest BCUT2D eigenvalue weighted by atomic mass is 32.2. The number of sulfonamides is 1. The average Bonchev–Trinajstić information content (AvgIpc) is 2.87. The highest BCUT2D eigenvalue weighted by Crippen LogP contribution is 2.30. The second-order valence-electron chi connectivity index (χ2n) is 6.40. The summed E-state index contributed by atoms with van der Waals surface area (Å²) in [4.78, 5) is 7.86. The number of benzene rings is 2. The molecular formula is C18H19N3O2S. The van der Waals surface area contributed by atoms with E-state index in [0.29, 0.717) is 13.1 Å². The Labute approximate surface area is 141 Å². The molecule has 24 heavy (non-hydrogen) atoms. The molecule has 1 saturated heterocycles. The standard InChI is InChI=1S/C18H19N3O2S/c1-13-5-4-6-14(9-13)12-24(22,23)21-10-15(11-21)18-19-16-7-2-3-8-17(16)20-18/h2-9,15H,10-12H2,1H3,(H,19,20). The predicted molar refractivity (Wildman–Crippen MR) is 94.2 cm³/mol. The first-order valence-electron chi connectivity index (χ1n) is 7.99. The number of nitrogens with zero attached hydrogens (tertiary/aromatic N) is 2. The minimum atomic E-state index is -3.27. The number of hydrogen-bond donors (Lipinski definition) is 1. The molecule has 1 aromatic heterocycles. The van der Waals surface area contributed by atoms with Gasteiger partial charge in [0.05, 0.1) is 16.8 Å². The number of rotatable bonds is 4. The van der Waals surface area contributed by atoms with Crippen molar-refractivity contribution in [2.45, 2.75) is 18.6 Å². The molecule has 0 amide bonds. The largest absolute Gasteiger partial charge is 0.342 e. The number of aromatic amines is 1. The summed E-state index contributed by atoms with van der Waals surface area (Å²) in [6, 6.07) is 15.5. The molecule has 6 heteroatoms. The summed E-state index contributed by atoms with van der Waals surface area (Å²) >= 11 is 0. The van der Waals surface area contributed by atoms with Crippen molar-refractivity contribution < 1.29 is 8.42 Å². The lowest BCUT2D eigenvalue weighted by molar-refractivity contribution is 0.257. The molecule has 124 valence electrons. The third-order valence-electron chi connectivity index (χ3n) is 4.47. The molecule has 1 N–H and O–H groups in total. The van der Waals surface area contributed by atoms with E-state index >= 15 is 0 Å². The van der Waals surface area contributed by atoms with E-state index in [0.717, 1.165) is 28.0 Å². The van der Waals surface area contributed by atoms with Crippen molar-refractivity contribution in [3.63, 3.8) is 0 Å². The number of hydrogen-bond acceptors (Lipinski definition) is 3. The summed E-state index contributed by atoms with van der Waals surface area (Å²) in [6.07, 6.45) is 0. The first kappa shape index (κ1) is 15.4. The van der Waals surface area contributed by atoms with Gasteiger partial charge in [-0.25, -0.2) is 17.7 Å². The van der Waals surface area contributed by atoms with Crippen molar-refractivity contribution in [1.82, 2.24) is 14.3 Å². The van der Waals surface area contributed by atoms with Crippen LogP contribution in [0.15, 0.2) is 48.5 Å². The molecule has 0 spiro atoms. The number of aryl methyl sites for hydroxylation is 1. The maximum Gasteiger partial charge on any atom is 0.218 e. The molecule has 0 aliphatic carbocycles. The topological polar surface area (TPSA) is 66.1 Å². The normalized spacial score (nSPS) is 16.4. The summed E-state index contributed by atoms with van der Waals surface area (Å²) in [5.41, 5.74) is 3.83. The molecule has 0 saturated carbocycles. The molecule has 4 rings (SSSR count). The van der Waals surface area contributed by atoms with Crippen molar-refractivity contribution in [3.05, 3.63) is 65.5 Å². The van der Waals surface area contributed by atoms with Crippen LogP contribution in [0, 0.1) is 6.92 Å². The van der Waals surface area contributed by atoms with Crippen LogP contribution in [0.4, 0.5) is 0 Å². The summed E-state index contributed by atoms with van der Waals surface area (Å²) in [6.45, 7) is 2.96. The van der Waals surface area contributed by atoms with E-state index in [-0.39, 0.29) is 11.7 Å². The monoisotopic (exact) mass is 341 g/mol. The molecule has 1 aliphatic rings. The van der Waals surface area contributed by atoms with E-state index in [1.165, 1.54) is 0 Å². The number of imidazole rings is 1. The Morgan fingerprint density at radius 3 is 2.71 bits per heavy atom. The molecular weight excluding hydrogens is 322 g/mol. The van der Waals surface area contributed by atoms with Gasteiger partial charge in [0.2, 0.25) is 10.0 Å². The van der Waals surface area contributed by atoms with E-state index in [1.54, 1.807) is 4.31 Å². The van der Waals surface area contributed by atoms with E-state index in [9.17, 15) is 8.42 Å². The van der Waals surface area contributed by atoms with Crippen LogP contribution in [0.3, 0.4) is 0 Å². The molecule has 3 aromatic rings. The highest BCUT2D eigenvalue weighted by Gasteiger charge is 2.38. The van der Waals surface area contributed by atoms with Crippen LogP contribution < -0.4 is 0 Å². The first-order chi connectivity index (χ1) is 11.5. The van der Waals surface area contributed by atoms with Crippen LogP contribution >= 0.6 is 0 Å². The fourth-order valence-corrected chi connectivity index (χ4v) is 4.71. The van der Waals surface area contributed by atoms with Crippen LogP contribution in [0.25, 0.3) is 11.0 Å². The lowest BCUT2D eigenvalue weighted by Crippen LogP contribution is -2.49. The number of fused-ring (bicyclic) bond motifs is 1. The molecule has 0 atom stereocenters. The van der Waals surface area contributed by atoms with Gasteiger partial charge in [-0.15, -0.1) is 0 Å². The summed E-state index contributed by atoms with van der Waals surface area (Å²) in [7, 11) is -3.27. The van der Waals surface area contributed by atoms with Crippen molar-refractivity contribution >= 4 is 21.1 Å². The lowest BCUT2D eigenvalue weighted by atomic mass is 10.0. The van der Waals surface area contributed by atoms with E-state index in [4.69, 9.17) is 0 Å². The molecule has 0 radical (unpaired) electrons. The van der Waals surface area contributed by atoms with Crippen molar-refractivity contribution in [1.29, 1.82) is 0 Å². The summed E-state index contributed by atoms with van der Waals surface area (Å²) in [5.74, 6) is 1.07. The number of para-hydroxylation sites is 2. The van der Waals surface area contributed by atoms with Gasteiger partial charge < -0.3 is 4.98 Å².